The summed E-state index contributed by atoms with van der Waals surface area (Å²) in [4.78, 5) is 11.5. The van der Waals surface area contributed by atoms with Gasteiger partial charge in [-0.1, -0.05) is 30.3 Å². The Bertz CT molecular complexity index is 1210. The van der Waals surface area contributed by atoms with Crippen LogP contribution >= 0.6 is 0 Å². The van der Waals surface area contributed by atoms with Gasteiger partial charge in [0.15, 0.2) is 0 Å². The molecule has 0 unspecified atom stereocenters. The number of nitrogens with zero attached hydrogens (tertiary/aromatic N) is 2. The van der Waals surface area contributed by atoms with Crippen molar-refractivity contribution in [1.29, 1.82) is 0 Å². The van der Waals surface area contributed by atoms with Gasteiger partial charge in [0.05, 0.1) is 23.4 Å². The Labute approximate surface area is 182 Å². The van der Waals surface area contributed by atoms with E-state index in [1.807, 2.05) is 24.3 Å². The Morgan fingerprint density at radius 2 is 1.75 bits per heavy atom. The molecule has 1 aromatic heterocycles. The van der Waals surface area contributed by atoms with Crippen LogP contribution in [0.1, 0.15) is 18.6 Å². The largest absolute Gasteiger partial charge is 0.484 e. The van der Waals surface area contributed by atoms with E-state index in [4.69, 9.17) is 4.74 Å². The van der Waals surface area contributed by atoms with Gasteiger partial charge in [-0.3, -0.25) is 4.79 Å². The second kappa shape index (κ2) is 9.13. The molecule has 4 rings (SSSR count). The van der Waals surface area contributed by atoms with Crippen LogP contribution in [0.25, 0.3) is 16.6 Å². The number of rotatable bonds is 7. The van der Waals surface area contributed by atoms with Gasteiger partial charge in [0.2, 0.25) is 0 Å². The van der Waals surface area contributed by atoms with Crippen molar-refractivity contribution >= 4 is 16.8 Å². The van der Waals surface area contributed by atoms with E-state index in [0.717, 1.165) is 16.5 Å². The first-order valence-corrected chi connectivity index (χ1v) is 9.96. The van der Waals surface area contributed by atoms with Crippen LogP contribution in [0.2, 0.25) is 0 Å². The molecular formula is C24H20F3N3O2. The Morgan fingerprint density at radius 1 is 1.03 bits per heavy atom. The summed E-state index contributed by atoms with van der Waals surface area (Å²) in [5, 5.41) is 7.45. The predicted molar refractivity (Wildman–Crippen MR) is 114 cm³/mol. The van der Waals surface area contributed by atoms with Crippen LogP contribution in [0.4, 0.5) is 13.2 Å². The quantitative estimate of drug-likeness (QED) is 0.438. The lowest BCUT2D eigenvalue weighted by Crippen LogP contribution is -2.41. The normalized spacial score (nSPS) is 13.2. The van der Waals surface area contributed by atoms with Crippen molar-refractivity contribution in [3.8, 4) is 11.4 Å². The molecule has 2 atom stereocenters. The fraction of sp³-hybridized carbons (Fsp3) is 0.167. The van der Waals surface area contributed by atoms with Crippen molar-refractivity contribution in [3.05, 3.63) is 90.4 Å². The van der Waals surface area contributed by atoms with E-state index in [1.165, 1.54) is 12.1 Å². The summed E-state index contributed by atoms with van der Waals surface area (Å²) >= 11 is 0. The molecule has 4 aromatic rings. The third-order valence-electron chi connectivity index (χ3n) is 5.02. The van der Waals surface area contributed by atoms with Gasteiger partial charge in [0, 0.05) is 5.39 Å². The highest BCUT2D eigenvalue weighted by atomic mass is 19.3. The van der Waals surface area contributed by atoms with Crippen molar-refractivity contribution in [1.82, 2.24) is 15.1 Å². The lowest BCUT2D eigenvalue weighted by Gasteiger charge is -2.26. The Morgan fingerprint density at radius 3 is 2.44 bits per heavy atom. The van der Waals surface area contributed by atoms with Crippen LogP contribution in [0.3, 0.4) is 0 Å². The Kier molecular flexibility index (Phi) is 6.11. The molecule has 0 radical (unpaired) electrons. The molecule has 0 bridgehead atoms. The smallest absolute Gasteiger partial charge is 0.315 e. The van der Waals surface area contributed by atoms with Crippen molar-refractivity contribution < 1.29 is 22.7 Å². The van der Waals surface area contributed by atoms with Gasteiger partial charge < -0.3 is 10.1 Å². The maximum absolute atomic E-state index is 13.2. The van der Waals surface area contributed by atoms with Gasteiger partial charge in [-0.05, 0) is 55.0 Å². The summed E-state index contributed by atoms with van der Waals surface area (Å²) in [7, 11) is 0. The highest BCUT2D eigenvalue weighted by Crippen LogP contribution is 2.29. The van der Waals surface area contributed by atoms with Crippen LogP contribution < -0.4 is 10.1 Å². The summed E-state index contributed by atoms with van der Waals surface area (Å²) in [6.07, 6.45) is -2.14. The van der Waals surface area contributed by atoms with Crippen LogP contribution in [0, 0.1) is 5.82 Å². The zero-order valence-corrected chi connectivity index (χ0v) is 17.1. The molecule has 0 saturated heterocycles. The van der Waals surface area contributed by atoms with Crippen LogP contribution in [0.15, 0.2) is 79.0 Å². The number of nitrogens with one attached hydrogen (secondary N) is 1. The first-order valence-electron chi connectivity index (χ1n) is 9.96. The van der Waals surface area contributed by atoms with Crippen LogP contribution in [0.5, 0.6) is 5.75 Å². The van der Waals surface area contributed by atoms with Crippen molar-refractivity contribution in [2.24, 2.45) is 0 Å². The number of amides is 1. The number of benzene rings is 3. The Balaban J connectivity index is 1.62. The number of hydrogen-bond donors (Lipinski definition) is 1. The van der Waals surface area contributed by atoms with E-state index in [2.05, 4.69) is 10.4 Å². The third kappa shape index (κ3) is 4.59. The van der Waals surface area contributed by atoms with E-state index in [0.29, 0.717) is 11.4 Å². The molecule has 1 amide bonds. The van der Waals surface area contributed by atoms with E-state index in [1.54, 1.807) is 54.2 Å². The average molecular weight is 439 g/mol. The second-order valence-electron chi connectivity index (χ2n) is 7.30. The minimum absolute atomic E-state index is 0.332. The molecule has 0 aliphatic rings. The fourth-order valence-electron chi connectivity index (χ4n) is 3.48. The molecule has 0 spiro atoms. The van der Waals surface area contributed by atoms with E-state index >= 15 is 0 Å². The van der Waals surface area contributed by atoms with Gasteiger partial charge in [-0.25, -0.2) is 9.07 Å². The number of hydrogen-bond acceptors (Lipinski definition) is 3. The molecular weight excluding hydrogens is 419 g/mol. The van der Waals surface area contributed by atoms with Gasteiger partial charge in [-0.2, -0.15) is 13.9 Å². The maximum Gasteiger partial charge on any atom is 0.315 e. The van der Waals surface area contributed by atoms with Crippen molar-refractivity contribution in [2.75, 3.05) is 0 Å². The minimum atomic E-state index is -3.11. The number of aromatic nitrogens is 2. The molecule has 1 heterocycles. The molecule has 0 saturated carbocycles. The number of halogens is 3. The number of fused-ring (bicyclic) bond motifs is 1. The monoisotopic (exact) mass is 439 g/mol. The average Bonchev–Trinajstić information content (AvgIpc) is 3.21. The maximum atomic E-state index is 13.2. The third-order valence-corrected chi connectivity index (χ3v) is 5.02. The van der Waals surface area contributed by atoms with Crippen LogP contribution in [-0.2, 0) is 4.79 Å². The lowest BCUT2D eigenvalue weighted by molar-refractivity contribution is -0.133. The molecule has 0 fully saturated rings. The van der Waals surface area contributed by atoms with E-state index in [9.17, 15) is 18.0 Å². The predicted octanol–water partition coefficient (Wildman–Crippen LogP) is 5.05. The Hall–Kier alpha value is -3.81. The lowest BCUT2D eigenvalue weighted by atomic mass is 10.0. The minimum Gasteiger partial charge on any atom is -0.484 e. The molecule has 1 N–H and O–H groups in total. The first-order chi connectivity index (χ1) is 15.4. The zero-order chi connectivity index (χ0) is 22.7. The number of ether oxygens (including phenoxy) is 1. The van der Waals surface area contributed by atoms with E-state index < -0.39 is 24.5 Å². The SMILES string of the molecule is C[C@H](NC(=O)C(F)F)[C@@H](Oc1ccc2c(cnn2-c2ccc(F)cc2)c1)c1ccccc1. The molecule has 0 aliphatic heterocycles. The summed E-state index contributed by atoms with van der Waals surface area (Å²) in [6, 6.07) is 19.7. The first kappa shape index (κ1) is 21.4. The highest BCUT2D eigenvalue weighted by Gasteiger charge is 2.26. The molecule has 5 nitrogen and oxygen atoms in total. The molecule has 164 valence electrons. The summed E-state index contributed by atoms with van der Waals surface area (Å²) in [5.41, 5.74) is 2.23. The van der Waals surface area contributed by atoms with Gasteiger partial charge in [0.25, 0.3) is 5.91 Å². The van der Waals surface area contributed by atoms with E-state index in [-0.39, 0.29) is 5.82 Å². The number of carbonyl (C=O) groups excluding carboxylic acids is 1. The summed E-state index contributed by atoms with van der Waals surface area (Å²) < 4.78 is 46.5. The zero-order valence-electron chi connectivity index (χ0n) is 17.1. The van der Waals surface area contributed by atoms with Crippen molar-refractivity contribution in [2.45, 2.75) is 25.5 Å². The molecule has 8 heteroatoms. The standard InChI is InChI=1S/C24H20F3N3O2/c1-15(29-24(31)23(26)27)22(16-5-3-2-4-6-16)32-20-11-12-21-17(13-20)14-28-30(21)19-9-7-18(25)8-10-19/h2-15,22-23H,1H3,(H,29,31)/t15-,22+/m0/s1. The highest BCUT2D eigenvalue weighted by molar-refractivity contribution is 5.82. The van der Waals surface area contributed by atoms with Gasteiger partial charge in [0.1, 0.15) is 17.7 Å². The number of carbonyl (C=O) groups is 1. The number of alkyl halides is 2. The van der Waals surface area contributed by atoms with Crippen molar-refractivity contribution in [3.63, 3.8) is 0 Å². The fourth-order valence-corrected chi connectivity index (χ4v) is 3.48. The topological polar surface area (TPSA) is 56.1 Å². The molecule has 32 heavy (non-hydrogen) atoms. The summed E-state index contributed by atoms with van der Waals surface area (Å²) in [5.74, 6) is -1.19. The molecule has 3 aromatic carbocycles. The van der Waals surface area contributed by atoms with Gasteiger partial charge in [-0.15, -0.1) is 0 Å². The van der Waals surface area contributed by atoms with Crippen LogP contribution in [-0.4, -0.2) is 28.2 Å². The molecule has 0 aliphatic carbocycles. The second-order valence-corrected chi connectivity index (χ2v) is 7.30. The summed E-state index contributed by atoms with van der Waals surface area (Å²) in [6.45, 7) is 1.61. The van der Waals surface area contributed by atoms with Gasteiger partial charge >= 0.3 is 6.43 Å².